The number of hydrogen-bond acceptors (Lipinski definition) is 7. The molecule has 0 fully saturated rings. The molecule has 8 nitrogen and oxygen atoms in total. The van der Waals surface area contributed by atoms with Crippen molar-refractivity contribution < 1.29 is 14.3 Å². The summed E-state index contributed by atoms with van der Waals surface area (Å²) in [5.74, 6) is 1.43. The van der Waals surface area contributed by atoms with Crippen molar-refractivity contribution in [3.8, 4) is 17.2 Å². The van der Waals surface area contributed by atoms with Gasteiger partial charge in [-0.1, -0.05) is 17.8 Å². The number of amides is 1. The normalized spacial score (nSPS) is 10.5. The van der Waals surface area contributed by atoms with Gasteiger partial charge in [0, 0.05) is 5.69 Å². The van der Waals surface area contributed by atoms with E-state index in [9.17, 15) is 4.79 Å². The summed E-state index contributed by atoms with van der Waals surface area (Å²) >= 11 is 1.25. The van der Waals surface area contributed by atoms with Gasteiger partial charge in [-0.3, -0.25) is 4.79 Å². The van der Waals surface area contributed by atoms with Gasteiger partial charge in [0.2, 0.25) is 11.1 Å². The van der Waals surface area contributed by atoms with Crippen LogP contribution in [0.4, 0.5) is 5.69 Å². The van der Waals surface area contributed by atoms with Gasteiger partial charge in [-0.15, -0.1) is 5.10 Å². The Bertz CT molecular complexity index is 943. The van der Waals surface area contributed by atoms with Crippen molar-refractivity contribution >= 4 is 23.4 Å². The van der Waals surface area contributed by atoms with Crippen LogP contribution in [0, 0.1) is 6.92 Å². The van der Waals surface area contributed by atoms with Gasteiger partial charge in [0.05, 0.1) is 19.5 Å². The molecule has 1 N–H and O–H groups in total. The Morgan fingerprint density at radius 3 is 2.71 bits per heavy atom. The van der Waals surface area contributed by atoms with Crippen LogP contribution in [0.1, 0.15) is 12.5 Å². The van der Waals surface area contributed by atoms with Gasteiger partial charge in [-0.2, -0.15) is 4.68 Å². The monoisotopic (exact) mass is 399 g/mol. The van der Waals surface area contributed by atoms with E-state index in [-0.39, 0.29) is 11.7 Å². The lowest BCUT2D eigenvalue weighted by molar-refractivity contribution is -0.113. The Hall–Kier alpha value is -3.07. The smallest absolute Gasteiger partial charge is 0.234 e. The summed E-state index contributed by atoms with van der Waals surface area (Å²) in [5.41, 5.74) is 2.48. The standard InChI is InChI=1S/C19H21N5O3S/c1-4-27-15-8-6-14(7-9-15)20-18(25)12-28-19-21-22-23-24(19)16-11-13(2)5-10-17(16)26-3/h5-11H,4,12H2,1-3H3,(H,20,25). The summed E-state index contributed by atoms with van der Waals surface area (Å²) in [5, 5.41) is 15.1. The molecule has 28 heavy (non-hydrogen) atoms. The van der Waals surface area contributed by atoms with Crippen molar-refractivity contribution in [2.24, 2.45) is 0 Å². The number of aryl methyl sites for hydroxylation is 1. The van der Waals surface area contributed by atoms with Crippen LogP contribution < -0.4 is 14.8 Å². The highest BCUT2D eigenvalue weighted by molar-refractivity contribution is 7.99. The van der Waals surface area contributed by atoms with Crippen molar-refractivity contribution in [3.05, 3.63) is 48.0 Å². The second-order valence-electron chi connectivity index (χ2n) is 5.84. The van der Waals surface area contributed by atoms with E-state index in [1.807, 2.05) is 44.2 Å². The number of benzene rings is 2. The maximum Gasteiger partial charge on any atom is 0.234 e. The molecule has 0 saturated carbocycles. The number of thioether (sulfide) groups is 1. The molecule has 1 heterocycles. The molecule has 3 aromatic rings. The average molecular weight is 399 g/mol. The minimum Gasteiger partial charge on any atom is -0.494 e. The predicted molar refractivity (Wildman–Crippen MR) is 107 cm³/mol. The molecule has 1 amide bonds. The van der Waals surface area contributed by atoms with Gasteiger partial charge in [-0.25, -0.2) is 0 Å². The maximum atomic E-state index is 12.3. The van der Waals surface area contributed by atoms with Crippen LogP contribution in [0.15, 0.2) is 47.6 Å². The van der Waals surface area contributed by atoms with Crippen LogP contribution in [0.2, 0.25) is 0 Å². The van der Waals surface area contributed by atoms with Crippen LogP contribution in [0.3, 0.4) is 0 Å². The zero-order valence-corrected chi connectivity index (χ0v) is 16.7. The number of rotatable bonds is 8. The van der Waals surface area contributed by atoms with Gasteiger partial charge in [0.15, 0.2) is 0 Å². The molecular formula is C19H21N5O3S. The third-order valence-corrected chi connectivity index (χ3v) is 4.70. The van der Waals surface area contributed by atoms with Crippen molar-refractivity contribution in [3.63, 3.8) is 0 Å². The maximum absolute atomic E-state index is 12.3. The number of nitrogens with one attached hydrogen (secondary N) is 1. The van der Waals surface area contributed by atoms with Gasteiger partial charge in [0.1, 0.15) is 17.2 Å². The fourth-order valence-electron chi connectivity index (χ4n) is 2.51. The van der Waals surface area contributed by atoms with Gasteiger partial charge in [0.25, 0.3) is 0 Å². The van der Waals surface area contributed by atoms with E-state index >= 15 is 0 Å². The lowest BCUT2D eigenvalue weighted by atomic mass is 10.2. The molecule has 1 aromatic heterocycles. The first-order valence-electron chi connectivity index (χ1n) is 8.69. The predicted octanol–water partition coefficient (Wildman–Crippen LogP) is 3.11. The van der Waals surface area contributed by atoms with E-state index in [1.165, 1.54) is 11.8 Å². The zero-order chi connectivity index (χ0) is 19.9. The van der Waals surface area contributed by atoms with E-state index in [0.29, 0.717) is 23.2 Å². The van der Waals surface area contributed by atoms with E-state index in [2.05, 4.69) is 20.8 Å². The first kappa shape index (κ1) is 19.7. The molecule has 146 valence electrons. The molecular weight excluding hydrogens is 378 g/mol. The largest absolute Gasteiger partial charge is 0.494 e. The summed E-state index contributed by atoms with van der Waals surface area (Å²) in [6.07, 6.45) is 0. The number of anilines is 1. The van der Waals surface area contributed by atoms with Crippen molar-refractivity contribution in [2.45, 2.75) is 19.0 Å². The number of methoxy groups -OCH3 is 1. The number of ether oxygens (including phenoxy) is 2. The number of hydrogen-bond donors (Lipinski definition) is 1. The number of carbonyl (C=O) groups excluding carboxylic acids is 1. The van der Waals surface area contributed by atoms with Crippen LogP contribution in [0.25, 0.3) is 5.69 Å². The molecule has 3 rings (SSSR count). The number of nitrogens with zero attached hydrogens (tertiary/aromatic N) is 4. The summed E-state index contributed by atoms with van der Waals surface area (Å²) in [4.78, 5) is 12.3. The molecule has 0 aliphatic carbocycles. The molecule has 2 aromatic carbocycles. The highest BCUT2D eigenvalue weighted by atomic mass is 32.2. The molecule has 0 radical (unpaired) electrons. The summed E-state index contributed by atoms with van der Waals surface area (Å²) in [6, 6.07) is 13.0. The molecule has 0 saturated heterocycles. The summed E-state index contributed by atoms with van der Waals surface area (Å²) in [6.45, 7) is 4.50. The molecule has 0 spiro atoms. The number of aromatic nitrogens is 4. The molecule has 0 atom stereocenters. The second kappa shape index (κ2) is 9.23. The number of carbonyl (C=O) groups is 1. The first-order chi connectivity index (χ1) is 13.6. The molecule has 0 aliphatic rings. The average Bonchev–Trinajstić information content (AvgIpc) is 3.16. The topological polar surface area (TPSA) is 91.2 Å². The molecule has 0 bridgehead atoms. The molecule has 0 unspecified atom stereocenters. The van der Waals surface area contributed by atoms with E-state index in [1.54, 1.807) is 23.9 Å². The third-order valence-electron chi connectivity index (χ3n) is 3.78. The Morgan fingerprint density at radius 1 is 1.21 bits per heavy atom. The highest BCUT2D eigenvalue weighted by Crippen LogP contribution is 2.27. The fourth-order valence-corrected chi connectivity index (χ4v) is 3.20. The Labute approximate surface area is 167 Å². The Balaban J connectivity index is 1.65. The quantitative estimate of drug-likeness (QED) is 0.582. The highest BCUT2D eigenvalue weighted by Gasteiger charge is 2.15. The summed E-state index contributed by atoms with van der Waals surface area (Å²) < 4.78 is 12.4. The van der Waals surface area contributed by atoms with Crippen LogP contribution >= 0.6 is 11.8 Å². The van der Waals surface area contributed by atoms with Crippen molar-refractivity contribution in [1.29, 1.82) is 0 Å². The Kier molecular flexibility index (Phi) is 6.49. The third kappa shape index (κ3) is 4.80. The van der Waals surface area contributed by atoms with Gasteiger partial charge in [-0.05, 0) is 66.2 Å². The van der Waals surface area contributed by atoms with Crippen LogP contribution in [-0.2, 0) is 4.79 Å². The lowest BCUT2D eigenvalue weighted by Crippen LogP contribution is -2.14. The molecule has 0 aliphatic heterocycles. The van der Waals surface area contributed by atoms with Gasteiger partial charge < -0.3 is 14.8 Å². The zero-order valence-electron chi connectivity index (χ0n) is 15.9. The fraction of sp³-hybridized carbons (Fsp3) is 0.263. The lowest BCUT2D eigenvalue weighted by Gasteiger charge is -2.10. The second-order valence-corrected chi connectivity index (χ2v) is 6.79. The van der Waals surface area contributed by atoms with E-state index in [4.69, 9.17) is 9.47 Å². The minimum absolute atomic E-state index is 0.153. The van der Waals surface area contributed by atoms with Gasteiger partial charge >= 0.3 is 0 Å². The van der Waals surface area contributed by atoms with Crippen molar-refractivity contribution in [1.82, 2.24) is 20.2 Å². The van der Waals surface area contributed by atoms with Crippen molar-refractivity contribution in [2.75, 3.05) is 24.8 Å². The van der Waals surface area contributed by atoms with E-state index < -0.39 is 0 Å². The first-order valence-corrected chi connectivity index (χ1v) is 9.68. The summed E-state index contributed by atoms with van der Waals surface area (Å²) in [7, 11) is 1.59. The SMILES string of the molecule is CCOc1ccc(NC(=O)CSc2nnnn2-c2cc(C)ccc2OC)cc1. The van der Waals surface area contributed by atoms with E-state index in [0.717, 1.165) is 17.0 Å². The Morgan fingerprint density at radius 2 is 2.00 bits per heavy atom. The molecule has 9 heteroatoms. The number of tetrazole rings is 1. The van der Waals surface area contributed by atoms with Crippen LogP contribution in [-0.4, -0.2) is 45.6 Å². The minimum atomic E-state index is -0.153. The van der Waals surface area contributed by atoms with Crippen LogP contribution in [0.5, 0.6) is 11.5 Å².